The minimum absolute atomic E-state index is 0.601. The summed E-state index contributed by atoms with van der Waals surface area (Å²) in [6, 6.07) is 0.601. The lowest BCUT2D eigenvalue weighted by molar-refractivity contribution is 0.217. The summed E-state index contributed by atoms with van der Waals surface area (Å²) >= 11 is 0. The van der Waals surface area contributed by atoms with Crippen LogP contribution in [0.2, 0.25) is 0 Å². The molecule has 2 heterocycles. The molecule has 1 aromatic heterocycles. The van der Waals surface area contributed by atoms with Crippen LogP contribution in [-0.2, 0) is 13.1 Å². The van der Waals surface area contributed by atoms with Crippen molar-refractivity contribution < 1.29 is 4.52 Å². The number of aromatic nitrogens is 1. The van der Waals surface area contributed by atoms with Crippen molar-refractivity contribution in [2.45, 2.75) is 33.0 Å². The van der Waals surface area contributed by atoms with E-state index in [0.717, 1.165) is 18.8 Å². The molecule has 0 N–H and O–H groups in total. The Kier molecular flexibility index (Phi) is 1.46. The summed E-state index contributed by atoms with van der Waals surface area (Å²) in [6.45, 7) is 6.34. The van der Waals surface area contributed by atoms with Gasteiger partial charge in [-0.1, -0.05) is 5.16 Å². The molecule has 1 aromatic rings. The van der Waals surface area contributed by atoms with Gasteiger partial charge in [0.2, 0.25) is 0 Å². The van der Waals surface area contributed by atoms with Gasteiger partial charge in [0.25, 0.3) is 0 Å². The molecule has 0 bridgehead atoms. The van der Waals surface area contributed by atoms with Crippen molar-refractivity contribution in [1.82, 2.24) is 10.1 Å². The molecule has 3 heteroatoms. The van der Waals surface area contributed by atoms with E-state index in [-0.39, 0.29) is 0 Å². The maximum atomic E-state index is 4.84. The van der Waals surface area contributed by atoms with Crippen LogP contribution in [-0.4, -0.2) is 16.1 Å². The smallest absolute Gasteiger partial charge is 0.128 e. The lowest BCUT2D eigenvalue weighted by Crippen LogP contribution is -2.24. The van der Waals surface area contributed by atoms with Crippen molar-refractivity contribution in [1.29, 1.82) is 0 Å². The molecule has 1 aliphatic heterocycles. The minimum Gasteiger partial charge on any atom is -0.364 e. The molecule has 0 atom stereocenters. The van der Waals surface area contributed by atoms with Crippen LogP contribution in [0.3, 0.4) is 0 Å². The fourth-order valence-corrected chi connectivity index (χ4v) is 1.37. The SMILES string of the molecule is CC(C)N1Cc2conc2C1. The van der Waals surface area contributed by atoms with Crippen molar-refractivity contribution in [2.24, 2.45) is 0 Å². The summed E-state index contributed by atoms with van der Waals surface area (Å²) in [5, 5.41) is 3.91. The minimum atomic E-state index is 0.601. The highest BCUT2D eigenvalue weighted by Gasteiger charge is 2.23. The van der Waals surface area contributed by atoms with Crippen molar-refractivity contribution in [3.05, 3.63) is 17.5 Å². The molecule has 0 saturated heterocycles. The lowest BCUT2D eigenvalue weighted by atomic mass is 10.3. The van der Waals surface area contributed by atoms with Crippen LogP contribution in [0.4, 0.5) is 0 Å². The fourth-order valence-electron chi connectivity index (χ4n) is 1.37. The van der Waals surface area contributed by atoms with Gasteiger partial charge in [0.05, 0.1) is 0 Å². The molecule has 0 unspecified atom stereocenters. The molecule has 0 aromatic carbocycles. The van der Waals surface area contributed by atoms with Crippen LogP contribution in [0.1, 0.15) is 25.1 Å². The number of nitrogens with zero attached hydrogens (tertiary/aromatic N) is 2. The summed E-state index contributed by atoms with van der Waals surface area (Å²) < 4.78 is 4.84. The molecule has 0 radical (unpaired) electrons. The van der Waals surface area contributed by atoms with Crippen LogP contribution < -0.4 is 0 Å². The highest BCUT2D eigenvalue weighted by Crippen LogP contribution is 2.22. The predicted molar refractivity (Wildman–Crippen MR) is 40.9 cm³/mol. The van der Waals surface area contributed by atoms with Gasteiger partial charge in [-0.05, 0) is 13.8 Å². The lowest BCUT2D eigenvalue weighted by Gasteiger charge is -2.18. The molecule has 11 heavy (non-hydrogen) atoms. The largest absolute Gasteiger partial charge is 0.364 e. The summed E-state index contributed by atoms with van der Waals surface area (Å²) in [4.78, 5) is 2.37. The van der Waals surface area contributed by atoms with Gasteiger partial charge < -0.3 is 4.52 Å². The average molecular weight is 152 g/mol. The molecule has 60 valence electrons. The number of rotatable bonds is 1. The van der Waals surface area contributed by atoms with Crippen LogP contribution in [0.15, 0.2) is 10.8 Å². The Balaban J connectivity index is 2.16. The fraction of sp³-hybridized carbons (Fsp3) is 0.625. The molecular formula is C8H12N2O. The second-order valence-electron chi connectivity index (χ2n) is 3.29. The molecular weight excluding hydrogens is 140 g/mol. The van der Waals surface area contributed by atoms with Gasteiger partial charge in [-0.2, -0.15) is 0 Å². The third-order valence-electron chi connectivity index (χ3n) is 2.19. The topological polar surface area (TPSA) is 29.3 Å². The number of fused-ring (bicyclic) bond motifs is 1. The first-order chi connectivity index (χ1) is 5.27. The first kappa shape index (κ1) is 6.85. The zero-order valence-electron chi connectivity index (χ0n) is 6.87. The molecule has 2 rings (SSSR count). The van der Waals surface area contributed by atoms with Crippen LogP contribution in [0.25, 0.3) is 0 Å². The van der Waals surface area contributed by atoms with E-state index in [2.05, 4.69) is 23.9 Å². The molecule has 1 aliphatic rings. The van der Waals surface area contributed by atoms with Crippen molar-refractivity contribution >= 4 is 0 Å². The Morgan fingerprint density at radius 2 is 2.36 bits per heavy atom. The standard InChI is InChI=1S/C8H12N2O/c1-6(2)10-3-7-5-11-9-8(7)4-10/h5-6H,3-4H2,1-2H3. The Hall–Kier alpha value is -0.830. The first-order valence-electron chi connectivity index (χ1n) is 3.93. The molecule has 3 nitrogen and oxygen atoms in total. The van der Waals surface area contributed by atoms with E-state index < -0.39 is 0 Å². The third kappa shape index (κ3) is 1.05. The summed E-state index contributed by atoms with van der Waals surface area (Å²) in [6.07, 6.45) is 1.75. The third-order valence-corrected chi connectivity index (χ3v) is 2.19. The molecule has 0 amide bonds. The van der Waals surface area contributed by atoms with Gasteiger partial charge in [-0.15, -0.1) is 0 Å². The second kappa shape index (κ2) is 2.34. The Bertz CT molecular complexity index is 234. The molecule has 0 spiro atoms. The maximum absolute atomic E-state index is 4.84. The predicted octanol–water partition coefficient (Wildman–Crippen LogP) is 1.40. The molecule has 0 saturated carbocycles. The van der Waals surface area contributed by atoms with Crippen LogP contribution in [0, 0.1) is 0 Å². The highest BCUT2D eigenvalue weighted by atomic mass is 16.5. The zero-order valence-corrected chi connectivity index (χ0v) is 6.87. The van der Waals surface area contributed by atoms with E-state index in [1.165, 1.54) is 5.56 Å². The van der Waals surface area contributed by atoms with Crippen molar-refractivity contribution in [3.8, 4) is 0 Å². The van der Waals surface area contributed by atoms with Crippen molar-refractivity contribution in [2.75, 3.05) is 0 Å². The molecule has 0 aliphatic carbocycles. The summed E-state index contributed by atoms with van der Waals surface area (Å²) in [5.41, 5.74) is 2.36. The monoisotopic (exact) mass is 152 g/mol. The number of hydrogen-bond donors (Lipinski definition) is 0. The van der Waals surface area contributed by atoms with E-state index in [4.69, 9.17) is 4.52 Å². The average Bonchev–Trinajstić information content (AvgIpc) is 2.40. The van der Waals surface area contributed by atoms with E-state index >= 15 is 0 Å². The van der Waals surface area contributed by atoms with Gasteiger partial charge in [-0.25, -0.2) is 0 Å². The van der Waals surface area contributed by atoms with E-state index in [1.54, 1.807) is 6.26 Å². The quantitative estimate of drug-likeness (QED) is 0.609. The zero-order chi connectivity index (χ0) is 7.84. The Labute approximate surface area is 66.0 Å². The first-order valence-corrected chi connectivity index (χ1v) is 3.93. The highest BCUT2D eigenvalue weighted by molar-refractivity contribution is 5.18. The summed E-state index contributed by atoms with van der Waals surface area (Å²) in [7, 11) is 0. The van der Waals surface area contributed by atoms with Gasteiger partial charge in [0, 0.05) is 24.7 Å². The second-order valence-corrected chi connectivity index (χ2v) is 3.29. The maximum Gasteiger partial charge on any atom is 0.128 e. The molecule has 0 fully saturated rings. The normalized spacial score (nSPS) is 17.7. The Morgan fingerprint density at radius 1 is 1.55 bits per heavy atom. The van der Waals surface area contributed by atoms with Gasteiger partial charge >= 0.3 is 0 Å². The van der Waals surface area contributed by atoms with Gasteiger partial charge in [0.15, 0.2) is 0 Å². The van der Waals surface area contributed by atoms with Crippen molar-refractivity contribution in [3.63, 3.8) is 0 Å². The van der Waals surface area contributed by atoms with E-state index in [0.29, 0.717) is 6.04 Å². The van der Waals surface area contributed by atoms with Gasteiger partial charge in [-0.3, -0.25) is 4.90 Å². The summed E-state index contributed by atoms with van der Waals surface area (Å²) in [5.74, 6) is 0. The van der Waals surface area contributed by atoms with Crippen LogP contribution in [0.5, 0.6) is 0 Å². The van der Waals surface area contributed by atoms with E-state index in [9.17, 15) is 0 Å². The van der Waals surface area contributed by atoms with E-state index in [1.807, 2.05) is 0 Å². The van der Waals surface area contributed by atoms with Gasteiger partial charge in [0.1, 0.15) is 12.0 Å². The number of hydrogen-bond acceptors (Lipinski definition) is 3. The van der Waals surface area contributed by atoms with Crippen LogP contribution >= 0.6 is 0 Å². The Morgan fingerprint density at radius 3 is 3.00 bits per heavy atom.